The summed E-state index contributed by atoms with van der Waals surface area (Å²) >= 11 is 0. The number of hydrogen-bond acceptors (Lipinski definition) is 5. The Kier molecular flexibility index (Phi) is 4.89. The van der Waals surface area contributed by atoms with E-state index in [2.05, 4.69) is 20.5 Å². The van der Waals surface area contributed by atoms with Crippen molar-refractivity contribution < 1.29 is 9.53 Å². The van der Waals surface area contributed by atoms with Crippen LogP contribution in [0.5, 0.6) is 5.75 Å². The Hall–Kier alpha value is -3.42. The second-order valence-corrected chi connectivity index (χ2v) is 5.32. The van der Waals surface area contributed by atoms with E-state index in [9.17, 15) is 14.4 Å². The monoisotopic (exact) mass is 340 g/mol. The number of carbonyl (C=O) groups excluding carboxylic acids is 1. The van der Waals surface area contributed by atoms with Crippen LogP contribution in [0.4, 0.5) is 0 Å². The van der Waals surface area contributed by atoms with Crippen molar-refractivity contribution in [3.8, 4) is 5.75 Å². The van der Waals surface area contributed by atoms with E-state index in [1.807, 2.05) is 30.3 Å². The number of amides is 1. The predicted molar refractivity (Wildman–Crippen MR) is 91.6 cm³/mol. The minimum absolute atomic E-state index is 0.112. The molecule has 0 radical (unpaired) electrons. The van der Waals surface area contributed by atoms with Crippen molar-refractivity contribution >= 4 is 16.8 Å². The molecule has 1 amide bonds. The molecule has 8 heteroatoms. The van der Waals surface area contributed by atoms with Crippen molar-refractivity contribution in [2.75, 3.05) is 13.2 Å². The van der Waals surface area contributed by atoms with E-state index in [1.54, 1.807) is 6.20 Å². The lowest BCUT2D eigenvalue weighted by molar-refractivity contribution is -0.120. The molecule has 3 rings (SSSR count). The normalized spacial score (nSPS) is 10.6. The molecule has 128 valence electrons. The van der Waals surface area contributed by atoms with Crippen molar-refractivity contribution in [1.82, 2.24) is 20.5 Å². The molecule has 0 fully saturated rings. The third kappa shape index (κ3) is 4.11. The summed E-state index contributed by atoms with van der Waals surface area (Å²) in [6, 6.07) is 10.5. The molecule has 3 aromatic rings. The lowest BCUT2D eigenvalue weighted by Gasteiger charge is -2.09. The largest absolute Gasteiger partial charge is 0.489 e. The second kappa shape index (κ2) is 7.43. The lowest BCUT2D eigenvalue weighted by atomic mass is 10.2. The molecule has 0 bridgehead atoms. The molecular formula is C17H16N4O4. The number of carbonyl (C=O) groups is 1. The molecule has 3 N–H and O–H groups in total. The van der Waals surface area contributed by atoms with Gasteiger partial charge in [-0.05, 0) is 12.1 Å². The first-order valence-corrected chi connectivity index (χ1v) is 7.67. The molecule has 0 unspecified atom stereocenters. The molecule has 8 nitrogen and oxygen atoms in total. The van der Waals surface area contributed by atoms with Gasteiger partial charge in [0.05, 0.1) is 13.0 Å². The van der Waals surface area contributed by atoms with Gasteiger partial charge in [0.1, 0.15) is 17.9 Å². The molecular weight excluding hydrogens is 324 g/mol. The summed E-state index contributed by atoms with van der Waals surface area (Å²) in [5.41, 5.74) is -0.0891. The summed E-state index contributed by atoms with van der Waals surface area (Å²) in [6.07, 6.45) is 1.52. The van der Waals surface area contributed by atoms with Gasteiger partial charge in [0.25, 0.3) is 11.1 Å². The van der Waals surface area contributed by atoms with E-state index < -0.39 is 11.1 Å². The highest BCUT2D eigenvalue weighted by atomic mass is 16.5. The number of fused-ring (bicyclic) bond motifs is 1. The molecule has 0 saturated heterocycles. The molecule has 1 aromatic carbocycles. The van der Waals surface area contributed by atoms with Gasteiger partial charge in [-0.3, -0.25) is 29.6 Å². The fourth-order valence-electron chi connectivity index (χ4n) is 2.37. The Morgan fingerprint density at radius 3 is 2.88 bits per heavy atom. The summed E-state index contributed by atoms with van der Waals surface area (Å²) in [7, 11) is 0. The fourth-order valence-corrected chi connectivity index (χ4v) is 2.37. The standard InChI is InChI=1S/C17H16N4O4/c22-14(9-12-10-15(23)20-21-17(12)24)18-7-8-25-13-5-1-3-11-4-2-6-19-16(11)13/h1-6,10H,7-9H2,(H,18,22)(H,20,23)(H,21,24). The van der Waals surface area contributed by atoms with E-state index in [-0.39, 0.29) is 31.0 Å². The summed E-state index contributed by atoms with van der Waals surface area (Å²) in [5.74, 6) is 0.272. The molecule has 0 aliphatic heterocycles. The highest BCUT2D eigenvalue weighted by Gasteiger charge is 2.08. The number of hydrogen-bond donors (Lipinski definition) is 3. The number of nitrogens with one attached hydrogen (secondary N) is 3. The van der Waals surface area contributed by atoms with Gasteiger partial charge >= 0.3 is 0 Å². The maximum Gasteiger partial charge on any atom is 0.266 e. The van der Waals surface area contributed by atoms with Crippen LogP contribution < -0.4 is 21.2 Å². The third-order valence-corrected chi connectivity index (χ3v) is 3.52. The quantitative estimate of drug-likeness (QED) is 0.560. The predicted octanol–water partition coefficient (Wildman–Crippen LogP) is 0.349. The number of H-pyrrole nitrogens is 2. The average Bonchev–Trinajstić information content (AvgIpc) is 2.62. The zero-order valence-corrected chi connectivity index (χ0v) is 13.2. The fraction of sp³-hybridized carbons (Fsp3) is 0.176. The van der Waals surface area contributed by atoms with Gasteiger partial charge in [-0.2, -0.15) is 0 Å². The van der Waals surface area contributed by atoms with Crippen LogP contribution in [0.1, 0.15) is 5.56 Å². The van der Waals surface area contributed by atoms with Crippen molar-refractivity contribution in [1.29, 1.82) is 0 Å². The summed E-state index contributed by atoms with van der Waals surface area (Å²) < 4.78 is 5.66. The Balaban J connectivity index is 1.53. The number of rotatable bonds is 6. The van der Waals surface area contributed by atoms with Crippen LogP contribution in [0.2, 0.25) is 0 Å². The summed E-state index contributed by atoms with van der Waals surface area (Å²) in [4.78, 5) is 38.8. The first-order chi connectivity index (χ1) is 12.1. The molecule has 0 saturated carbocycles. The van der Waals surface area contributed by atoms with E-state index in [4.69, 9.17) is 4.74 Å². The van der Waals surface area contributed by atoms with Gasteiger partial charge < -0.3 is 10.1 Å². The van der Waals surface area contributed by atoms with Crippen LogP contribution in [0.3, 0.4) is 0 Å². The number of aromatic nitrogens is 3. The molecule has 0 spiro atoms. The van der Waals surface area contributed by atoms with Gasteiger partial charge in [0, 0.05) is 23.2 Å². The topological polar surface area (TPSA) is 117 Å². The van der Waals surface area contributed by atoms with E-state index in [0.717, 1.165) is 17.0 Å². The highest BCUT2D eigenvalue weighted by Crippen LogP contribution is 2.22. The number of aromatic amines is 2. The first-order valence-electron chi connectivity index (χ1n) is 7.67. The number of ether oxygens (including phenoxy) is 1. The van der Waals surface area contributed by atoms with Crippen LogP contribution in [0, 0.1) is 0 Å². The number of pyridine rings is 1. The molecule has 2 heterocycles. The van der Waals surface area contributed by atoms with Crippen LogP contribution in [0.15, 0.2) is 52.2 Å². The Morgan fingerprint density at radius 2 is 2.00 bits per heavy atom. The summed E-state index contributed by atoms with van der Waals surface area (Å²) in [5, 5.41) is 7.94. The Morgan fingerprint density at radius 1 is 1.16 bits per heavy atom. The third-order valence-electron chi connectivity index (χ3n) is 3.52. The average molecular weight is 340 g/mol. The zero-order chi connectivity index (χ0) is 17.6. The van der Waals surface area contributed by atoms with Gasteiger partial charge in [0.2, 0.25) is 5.91 Å². The molecule has 0 aliphatic carbocycles. The SMILES string of the molecule is O=C(Cc1cc(=O)[nH][nH]c1=O)NCCOc1cccc2cccnc12. The number of benzene rings is 1. The first kappa shape index (κ1) is 16.4. The molecule has 2 aromatic heterocycles. The maximum atomic E-state index is 11.9. The van der Waals surface area contributed by atoms with E-state index in [1.165, 1.54) is 0 Å². The highest BCUT2D eigenvalue weighted by molar-refractivity contribution is 5.84. The van der Waals surface area contributed by atoms with Crippen LogP contribution in [-0.2, 0) is 11.2 Å². The molecule has 25 heavy (non-hydrogen) atoms. The van der Waals surface area contributed by atoms with Crippen LogP contribution >= 0.6 is 0 Å². The van der Waals surface area contributed by atoms with Crippen LogP contribution in [0.25, 0.3) is 10.9 Å². The summed E-state index contributed by atoms with van der Waals surface area (Å²) in [6.45, 7) is 0.524. The number of para-hydroxylation sites is 1. The van der Waals surface area contributed by atoms with Gasteiger partial charge in [-0.15, -0.1) is 0 Å². The van der Waals surface area contributed by atoms with Gasteiger partial charge in [0.15, 0.2) is 0 Å². The van der Waals surface area contributed by atoms with Crippen molar-refractivity contribution in [3.63, 3.8) is 0 Å². The van der Waals surface area contributed by atoms with Crippen molar-refractivity contribution in [2.24, 2.45) is 0 Å². The molecule has 0 atom stereocenters. The van der Waals surface area contributed by atoms with Crippen molar-refractivity contribution in [2.45, 2.75) is 6.42 Å². The maximum absolute atomic E-state index is 11.9. The Labute approximate surface area is 141 Å². The second-order valence-electron chi connectivity index (χ2n) is 5.32. The van der Waals surface area contributed by atoms with Gasteiger partial charge in [-0.1, -0.05) is 18.2 Å². The van der Waals surface area contributed by atoms with Crippen molar-refractivity contribution in [3.05, 3.63) is 68.9 Å². The lowest BCUT2D eigenvalue weighted by Crippen LogP contribution is -2.32. The smallest absolute Gasteiger partial charge is 0.266 e. The zero-order valence-electron chi connectivity index (χ0n) is 13.2. The van der Waals surface area contributed by atoms with Crippen LogP contribution in [-0.4, -0.2) is 34.2 Å². The van der Waals surface area contributed by atoms with Gasteiger partial charge in [-0.25, -0.2) is 0 Å². The van der Waals surface area contributed by atoms with E-state index >= 15 is 0 Å². The Bertz CT molecular complexity index is 1000. The van der Waals surface area contributed by atoms with E-state index in [0.29, 0.717) is 5.75 Å². The molecule has 0 aliphatic rings. The number of nitrogens with zero attached hydrogens (tertiary/aromatic N) is 1. The minimum Gasteiger partial charge on any atom is -0.489 e. The minimum atomic E-state index is -0.493.